The van der Waals surface area contributed by atoms with Crippen LogP contribution in [0.5, 0.6) is 11.5 Å². The molecule has 0 atom stereocenters. The van der Waals surface area contributed by atoms with E-state index in [1.165, 1.54) is 18.9 Å². The van der Waals surface area contributed by atoms with E-state index in [0.717, 1.165) is 30.0 Å². The number of nitrogen functional groups attached to an aromatic ring is 1. The number of rotatable bonds is 7. The van der Waals surface area contributed by atoms with Crippen LogP contribution in [0.25, 0.3) is 11.4 Å². The molecule has 13 heteroatoms. The van der Waals surface area contributed by atoms with Crippen LogP contribution < -0.4 is 20.6 Å². The van der Waals surface area contributed by atoms with Crippen LogP contribution in [0.3, 0.4) is 0 Å². The number of methoxy groups -OCH3 is 2. The SMILES string of the molecule is COc1ccc(-c2nnc(SCC(=O)Nc3cc(C(F)(F)F)ccc3Cl)n2N)cc1OC. The van der Waals surface area contributed by atoms with Crippen molar-refractivity contribution in [3.8, 4) is 22.9 Å². The Balaban J connectivity index is 1.70. The van der Waals surface area contributed by atoms with Gasteiger partial charge in [-0.15, -0.1) is 10.2 Å². The van der Waals surface area contributed by atoms with Gasteiger partial charge < -0.3 is 20.6 Å². The molecule has 0 aliphatic carbocycles. The highest BCUT2D eigenvalue weighted by atomic mass is 35.5. The zero-order chi connectivity index (χ0) is 23.5. The number of thioether (sulfide) groups is 1. The lowest BCUT2D eigenvalue weighted by atomic mass is 10.2. The lowest BCUT2D eigenvalue weighted by Gasteiger charge is -2.11. The summed E-state index contributed by atoms with van der Waals surface area (Å²) in [7, 11) is 3.00. The number of alkyl halides is 3. The number of carbonyl (C=O) groups is 1. The highest BCUT2D eigenvalue weighted by molar-refractivity contribution is 7.99. The fourth-order valence-corrected chi connectivity index (χ4v) is 3.48. The van der Waals surface area contributed by atoms with Crippen molar-refractivity contribution in [2.75, 3.05) is 31.1 Å². The van der Waals surface area contributed by atoms with Gasteiger partial charge in [0.15, 0.2) is 17.3 Å². The maximum absolute atomic E-state index is 12.9. The second-order valence-electron chi connectivity index (χ2n) is 6.28. The summed E-state index contributed by atoms with van der Waals surface area (Å²) in [5.41, 5.74) is -0.469. The van der Waals surface area contributed by atoms with Gasteiger partial charge in [-0.25, -0.2) is 4.68 Å². The molecule has 0 fully saturated rings. The van der Waals surface area contributed by atoms with Crippen LogP contribution in [0.4, 0.5) is 18.9 Å². The zero-order valence-electron chi connectivity index (χ0n) is 16.7. The fraction of sp³-hybridized carbons (Fsp3) is 0.211. The second-order valence-corrected chi connectivity index (χ2v) is 7.62. The van der Waals surface area contributed by atoms with Crippen LogP contribution in [0.2, 0.25) is 5.02 Å². The first-order valence-corrected chi connectivity index (χ1v) is 10.2. The monoisotopic (exact) mass is 487 g/mol. The lowest BCUT2D eigenvalue weighted by molar-refractivity contribution is -0.137. The van der Waals surface area contributed by atoms with Gasteiger partial charge in [-0.1, -0.05) is 23.4 Å². The first-order valence-electron chi connectivity index (χ1n) is 8.86. The van der Waals surface area contributed by atoms with Crippen molar-refractivity contribution in [3.05, 3.63) is 47.0 Å². The Hall–Kier alpha value is -3.12. The number of amides is 1. The van der Waals surface area contributed by atoms with Gasteiger partial charge in [0.2, 0.25) is 11.1 Å². The normalized spacial score (nSPS) is 11.3. The molecule has 3 rings (SSSR count). The van der Waals surface area contributed by atoms with Crippen molar-refractivity contribution in [2.24, 2.45) is 0 Å². The number of nitrogens with two attached hydrogens (primary N) is 1. The number of nitrogens with zero attached hydrogens (tertiary/aromatic N) is 3. The first kappa shape index (κ1) is 23.5. The third kappa shape index (κ3) is 5.19. The highest BCUT2D eigenvalue weighted by Gasteiger charge is 2.31. The van der Waals surface area contributed by atoms with Gasteiger partial charge in [0.25, 0.3) is 0 Å². The molecule has 1 aromatic heterocycles. The predicted molar refractivity (Wildman–Crippen MR) is 115 cm³/mol. The molecule has 3 N–H and O–H groups in total. The van der Waals surface area contributed by atoms with Gasteiger partial charge in [-0.3, -0.25) is 4.79 Å². The van der Waals surface area contributed by atoms with Gasteiger partial charge >= 0.3 is 6.18 Å². The molecule has 170 valence electrons. The standard InChI is InChI=1S/C19H17ClF3N5O3S/c1-30-14-6-3-10(7-15(14)31-2)17-26-27-18(28(17)24)32-9-16(29)25-13-8-11(19(21,22)23)4-5-12(13)20/h3-8H,9,24H2,1-2H3,(H,25,29). The molecule has 0 saturated heterocycles. The number of benzene rings is 2. The van der Waals surface area contributed by atoms with Crippen molar-refractivity contribution >= 4 is 35.0 Å². The molecule has 0 spiro atoms. The summed E-state index contributed by atoms with van der Waals surface area (Å²) in [6.45, 7) is 0. The van der Waals surface area contributed by atoms with Gasteiger partial charge in [-0.05, 0) is 36.4 Å². The number of hydrogen-bond donors (Lipinski definition) is 2. The molecule has 1 heterocycles. The maximum atomic E-state index is 12.9. The van der Waals surface area contributed by atoms with E-state index in [-0.39, 0.29) is 21.6 Å². The van der Waals surface area contributed by atoms with E-state index in [0.29, 0.717) is 22.9 Å². The minimum Gasteiger partial charge on any atom is -0.493 e. The summed E-state index contributed by atoms with van der Waals surface area (Å²) in [5.74, 6) is 6.58. The molecule has 32 heavy (non-hydrogen) atoms. The van der Waals surface area contributed by atoms with Crippen LogP contribution >= 0.6 is 23.4 Å². The Morgan fingerprint density at radius 2 is 1.88 bits per heavy atom. The van der Waals surface area contributed by atoms with Gasteiger partial charge in [-0.2, -0.15) is 13.2 Å². The number of nitrogens with one attached hydrogen (secondary N) is 1. The number of aromatic nitrogens is 3. The minimum atomic E-state index is -4.56. The summed E-state index contributed by atoms with van der Waals surface area (Å²) in [5, 5.41) is 10.5. The van der Waals surface area contributed by atoms with Crippen LogP contribution in [-0.4, -0.2) is 40.8 Å². The minimum absolute atomic E-state index is 0.0194. The molecule has 0 aliphatic heterocycles. The molecule has 2 aromatic carbocycles. The summed E-state index contributed by atoms with van der Waals surface area (Å²) in [4.78, 5) is 12.2. The molecule has 0 aliphatic rings. The summed E-state index contributed by atoms with van der Waals surface area (Å²) in [6, 6.07) is 7.74. The Labute approximate surface area is 189 Å². The number of carbonyl (C=O) groups excluding carboxylic acids is 1. The van der Waals surface area contributed by atoms with Crippen molar-refractivity contribution in [1.82, 2.24) is 14.9 Å². The predicted octanol–water partition coefficient (Wildman–Crippen LogP) is 4.08. The Morgan fingerprint density at radius 3 is 2.53 bits per heavy atom. The van der Waals surface area contributed by atoms with Crippen LogP contribution in [0, 0.1) is 0 Å². The van der Waals surface area contributed by atoms with Gasteiger partial charge in [0.1, 0.15) is 0 Å². The zero-order valence-corrected chi connectivity index (χ0v) is 18.3. The number of hydrogen-bond acceptors (Lipinski definition) is 7. The van der Waals surface area contributed by atoms with Crippen LogP contribution in [0.1, 0.15) is 5.56 Å². The molecule has 0 saturated carbocycles. The van der Waals surface area contributed by atoms with Crippen molar-refractivity contribution in [1.29, 1.82) is 0 Å². The second kappa shape index (κ2) is 9.57. The third-order valence-corrected chi connectivity index (χ3v) is 5.48. The van der Waals surface area contributed by atoms with E-state index in [9.17, 15) is 18.0 Å². The molecule has 0 radical (unpaired) electrons. The molecule has 3 aromatic rings. The van der Waals surface area contributed by atoms with Crippen LogP contribution in [0.15, 0.2) is 41.6 Å². The van der Waals surface area contributed by atoms with E-state index in [1.54, 1.807) is 18.2 Å². The molecular formula is C19H17ClF3N5O3S. The van der Waals surface area contributed by atoms with Crippen molar-refractivity contribution in [2.45, 2.75) is 11.3 Å². The highest BCUT2D eigenvalue weighted by Crippen LogP contribution is 2.34. The fourth-order valence-electron chi connectivity index (χ4n) is 2.66. The Bertz CT molecular complexity index is 1140. The molecule has 1 amide bonds. The molecular weight excluding hydrogens is 471 g/mol. The molecule has 0 bridgehead atoms. The molecule has 8 nitrogen and oxygen atoms in total. The average Bonchev–Trinajstić information content (AvgIpc) is 3.12. The largest absolute Gasteiger partial charge is 0.493 e. The summed E-state index contributed by atoms with van der Waals surface area (Å²) < 4.78 is 50.3. The van der Waals surface area contributed by atoms with Gasteiger partial charge in [0, 0.05) is 5.56 Å². The Kier molecular flexibility index (Phi) is 7.04. The van der Waals surface area contributed by atoms with Crippen LogP contribution in [-0.2, 0) is 11.0 Å². The number of anilines is 1. The van der Waals surface area contributed by atoms with Crippen molar-refractivity contribution in [3.63, 3.8) is 0 Å². The quantitative estimate of drug-likeness (QED) is 0.382. The number of ether oxygens (including phenoxy) is 2. The van der Waals surface area contributed by atoms with E-state index < -0.39 is 17.6 Å². The smallest absolute Gasteiger partial charge is 0.416 e. The first-order chi connectivity index (χ1) is 15.1. The maximum Gasteiger partial charge on any atom is 0.416 e. The molecule has 0 unspecified atom stereocenters. The average molecular weight is 488 g/mol. The van der Waals surface area contributed by atoms with E-state index in [2.05, 4.69) is 15.5 Å². The Morgan fingerprint density at radius 1 is 1.16 bits per heavy atom. The van der Waals surface area contributed by atoms with Crippen molar-refractivity contribution < 1.29 is 27.4 Å². The van der Waals surface area contributed by atoms with E-state index in [1.807, 2.05) is 0 Å². The summed E-state index contributed by atoms with van der Waals surface area (Å²) >= 11 is 6.85. The lowest BCUT2D eigenvalue weighted by Crippen LogP contribution is -2.17. The van der Waals surface area contributed by atoms with E-state index >= 15 is 0 Å². The topological polar surface area (TPSA) is 104 Å². The third-order valence-electron chi connectivity index (χ3n) is 4.21. The van der Waals surface area contributed by atoms with Gasteiger partial charge in [0.05, 0.1) is 36.2 Å². The van der Waals surface area contributed by atoms with E-state index in [4.69, 9.17) is 26.9 Å². The number of halogens is 4. The summed E-state index contributed by atoms with van der Waals surface area (Å²) in [6.07, 6.45) is -4.56.